The first-order valence-electron chi connectivity index (χ1n) is 13.8. The summed E-state index contributed by atoms with van der Waals surface area (Å²) in [6, 6.07) is 17.5. The largest absolute Gasteiger partial charge is 0.352 e. The van der Waals surface area contributed by atoms with Gasteiger partial charge in [0, 0.05) is 17.6 Å². The van der Waals surface area contributed by atoms with E-state index in [-0.39, 0.29) is 29.1 Å². The van der Waals surface area contributed by atoms with E-state index in [9.17, 15) is 22.4 Å². The van der Waals surface area contributed by atoms with Crippen LogP contribution in [0.25, 0.3) is 0 Å². The van der Waals surface area contributed by atoms with Crippen LogP contribution in [-0.2, 0) is 26.2 Å². The minimum absolute atomic E-state index is 0.00356. The van der Waals surface area contributed by atoms with Gasteiger partial charge in [0.15, 0.2) is 0 Å². The standard InChI is InChI=1S/C31H35ClFN3O4S/c1-3-29(31(38)34-25-9-7-8-10-25)35(20-23-14-16-24(33)17-15-23)30(37)21-36(26-18-13-22(2)28(32)19-26)41(39,40)27-11-5-4-6-12-27/h4-6,11-19,25,29H,3,7-10,20-21H2,1-2H3,(H,34,38)/t29-/m0/s1. The second-order valence-electron chi connectivity index (χ2n) is 10.3. The average molecular weight is 600 g/mol. The molecule has 1 N–H and O–H groups in total. The number of aryl methyl sites for hydroxylation is 1. The molecular weight excluding hydrogens is 565 g/mol. The number of benzene rings is 3. The molecule has 0 spiro atoms. The Bertz CT molecular complexity index is 1460. The fourth-order valence-electron chi connectivity index (χ4n) is 5.06. The van der Waals surface area contributed by atoms with E-state index in [1.54, 1.807) is 49.4 Å². The van der Waals surface area contributed by atoms with Gasteiger partial charge in [0.1, 0.15) is 18.4 Å². The van der Waals surface area contributed by atoms with Gasteiger partial charge in [0.25, 0.3) is 10.0 Å². The van der Waals surface area contributed by atoms with Crippen molar-refractivity contribution in [2.75, 3.05) is 10.8 Å². The molecule has 10 heteroatoms. The molecule has 0 radical (unpaired) electrons. The van der Waals surface area contributed by atoms with Crippen molar-refractivity contribution >= 4 is 39.1 Å². The Morgan fingerprint density at radius 3 is 2.29 bits per heavy atom. The van der Waals surface area contributed by atoms with Crippen LogP contribution in [0.1, 0.15) is 50.2 Å². The topological polar surface area (TPSA) is 86.8 Å². The molecular formula is C31H35ClFN3O4S. The lowest BCUT2D eigenvalue weighted by molar-refractivity contribution is -0.140. The first-order chi connectivity index (χ1) is 19.6. The Morgan fingerprint density at radius 2 is 1.68 bits per heavy atom. The highest BCUT2D eigenvalue weighted by Crippen LogP contribution is 2.29. The molecule has 218 valence electrons. The zero-order valence-corrected chi connectivity index (χ0v) is 24.8. The van der Waals surface area contributed by atoms with Gasteiger partial charge in [-0.3, -0.25) is 13.9 Å². The fraction of sp³-hybridized carbons (Fsp3) is 0.355. The van der Waals surface area contributed by atoms with Crippen molar-refractivity contribution in [1.82, 2.24) is 10.2 Å². The third-order valence-electron chi connectivity index (χ3n) is 7.41. The molecule has 4 rings (SSSR count). The molecule has 3 aromatic carbocycles. The van der Waals surface area contributed by atoms with Gasteiger partial charge in [-0.25, -0.2) is 12.8 Å². The number of nitrogens with one attached hydrogen (secondary N) is 1. The third-order valence-corrected chi connectivity index (χ3v) is 9.60. The molecule has 3 aromatic rings. The summed E-state index contributed by atoms with van der Waals surface area (Å²) in [6.07, 6.45) is 4.14. The summed E-state index contributed by atoms with van der Waals surface area (Å²) in [5, 5.41) is 3.43. The Labute approximate surface area is 246 Å². The Kier molecular flexibility index (Phi) is 10.0. The van der Waals surface area contributed by atoms with Crippen LogP contribution in [0, 0.1) is 12.7 Å². The molecule has 1 fully saturated rings. The minimum atomic E-state index is -4.19. The van der Waals surface area contributed by atoms with Crippen LogP contribution in [0.2, 0.25) is 5.02 Å². The number of hydrogen-bond donors (Lipinski definition) is 1. The summed E-state index contributed by atoms with van der Waals surface area (Å²) >= 11 is 6.37. The molecule has 0 aliphatic heterocycles. The zero-order valence-electron chi connectivity index (χ0n) is 23.2. The van der Waals surface area contributed by atoms with Gasteiger partial charge in [0.2, 0.25) is 11.8 Å². The first kappa shape index (κ1) is 30.5. The summed E-state index contributed by atoms with van der Waals surface area (Å²) in [6.45, 7) is 3.04. The molecule has 0 unspecified atom stereocenters. The van der Waals surface area contributed by atoms with Crippen molar-refractivity contribution < 1.29 is 22.4 Å². The molecule has 0 saturated heterocycles. The van der Waals surface area contributed by atoms with Gasteiger partial charge >= 0.3 is 0 Å². The van der Waals surface area contributed by atoms with E-state index < -0.39 is 34.3 Å². The molecule has 1 saturated carbocycles. The van der Waals surface area contributed by atoms with Crippen molar-refractivity contribution in [1.29, 1.82) is 0 Å². The highest BCUT2D eigenvalue weighted by Gasteiger charge is 2.34. The Balaban J connectivity index is 1.72. The van der Waals surface area contributed by atoms with Crippen molar-refractivity contribution in [3.63, 3.8) is 0 Å². The fourth-order valence-corrected chi connectivity index (χ4v) is 6.66. The van der Waals surface area contributed by atoms with Gasteiger partial charge in [-0.2, -0.15) is 0 Å². The van der Waals surface area contributed by atoms with Crippen molar-refractivity contribution in [2.45, 2.75) is 69.5 Å². The van der Waals surface area contributed by atoms with E-state index >= 15 is 0 Å². The normalized spacial score (nSPS) is 14.4. The molecule has 2 amide bonds. The number of amides is 2. The minimum Gasteiger partial charge on any atom is -0.352 e. The zero-order chi connectivity index (χ0) is 29.6. The third kappa shape index (κ3) is 7.45. The lowest BCUT2D eigenvalue weighted by Crippen LogP contribution is -2.53. The van der Waals surface area contributed by atoms with Crippen LogP contribution in [0.3, 0.4) is 0 Å². The van der Waals surface area contributed by atoms with E-state index in [0.717, 1.165) is 35.6 Å². The van der Waals surface area contributed by atoms with E-state index in [2.05, 4.69) is 5.32 Å². The van der Waals surface area contributed by atoms with Crippen LogP contribution >= 0.6 is 11.6 Å². The van der Waals surface area contributed by atoms with Crippen LogP contribution in [0.15, 0.2) is 77.7 Å². The van der Waals surface area contributed by atoms with Crippen molar-refractivity contribution in [3.05, 3.63) is 94.8 Å². The maximum atomic E-state index is 14.1. The lowest BCUT2D eigenvalue weighted by Gasteiger charge is -2.34. The maximum absolute atomic E-state index is 14.1. The first-order valence-corrected chi connectivity index (χ1v) is 15.6. The van der Waals surface area contributed by atoms with Gasteiger partial charge in [-0.05, 0) is 73.7 Å². The molecule has 0 aromatic heterocycles. The summed E-state index contributed by atoms with van der Waals surface area (Å²) in [5.41, 5.74) is 1.59. The van der Waals surface area contributed by atoms with E-state index in [1.165, 1.54) is 35.2 Å². The predicted molar refractivity (Wildman–Crippen MR) is 159 cm³/mol. The van der Waals surface area contributed by atoms with Crippen LogP contribution in [0.5, 0.6) is 0 Å². The maximum Gasteiger partial charge on any atom is 0.264 e. The van der Waals surface area contributed by atoms with E-state index in [4.69, 9.17) is 11.6 Å². The second kappa shape index (κ2) is 13.5. The molecule has 1 atom stereocenters. The quantitative estimate of drug-likeness (QED) is 0.300. The summed E-state index contributed by atoms with van der Waals surface area (Å²) in [7, 11) is -4.19. The van der Waals surface area contributed by atoms with Gasteiger partial charge in [-0.1, -0.05) is 67.8 Å². The van der Waals surface area contributed by atoms with Crippen LogP contribution in [0.4, 0.5) is 10.1 Å². The number of hydrogen-bond acceptors (Lipinski definition) is 4. The summed E-state index contributed by atoms with van der Waals surface area (Å²) in [5.74, 6) is -1.28. The molecule has 0 bridgehead atoms. The summed E-state index contributed by atoms with van der Waals surface area (Å²) in [4.78, 5) is 29.0. The van der Waals surface area contributed by atoms with Crippen LogP contribution in [-0.4, -0.2) is 43.8 Å². The lowest BCUT2D eigenvalue weighted by atomic mass is 10.1. The number of rotatable bonds is 11. The molecule has 41 heavy (non-hydrogen) atoms. The highest BCUT2D eigenvalue weighted by molar-refractivity contribution is 7.92. The molecule has 7 nitrogen and oxygen atoms in total. The van der Waals surface area contributed by atoms with Gasteiger partial charge in [0.05, 0.1) is 10.6 Å². The highest BCUT2D eigenvalue weighted by atomic mass is 35.5. The Hall–Kier alpha value is -3.43. The van der Waals surface area contributed by atoms with Crippen molar-refractivity contribution in [3.8, 4) is 0 Å². The molecule has 1 aliphatic carbocycles. The molecule has 0 heterocycles. The van der Waals surface area contributed by atoms with E-state index in [0.29, 0.717) is 17.0 Å². The van der Waals surface area contributed by atoms with Gasteiger partial charge in [-0.15, -0.1) is 0 Å². The van der Waals surface area contributed by atoms with E-state index in [1.807, 2.05) is 6.92 Å². The number of sulfonamides is 1. The number of anilines is 1. The SMILES string of the molecule is CC[C@@H](C(=O)NC1CCCC1)N(Cc1ccc(F)cc1)C(=O)CN(c1ccc(C)c(Cl)c1)S(=O)(=O)c1ccccc1. The smallest absolute Gasteiger partial charge is 0.264 e. The van der Waals surface area contributed by atoms with Crippen molar-refractivity contribution in [2.24, 2.45) is 0 Å². The second-order valence-corrected chi connectivity index (χ2v) is 12.6. The monoisotopic (exact) mass is 599 g/mol. The number of halogens is 2. The van der Waals surface area contributed by atoms with Gasteiger partial charge < -0.3 is 10.2 Å². The summed E-state index contributed by atoms with van der Waals surface area (Å²) < 4.78 is 42.4. The Morgan fingerprint density at radius 1 is 1.02 bits per heavy atom. The molecule has 1 aliphatic rings. The predicted octanol–water partition coefficient (Wildman–Crippen LogP) is 5.85. The van der Waals surface area contributed by atoms with Crippen LogP contribution < -0.4 is 9.62 Å². The average Bonchev–Trinajstić information content (AvgIpc) is 3.47. The number of nitrogens with zero attached hydrogens (tertiary/aromatic N) is 2. The number of carbonyl (C=O) groups excluding carboxylic acids is 2. The number of carbonyl (C=O) groups is 2.